The lowest BCUT2D eigenvalue weighted by Crippen LogP contribution is -2.34. The number of ether oxygens (including phenoxy) is 1. The first-order chi connectivity index (χ1) is 9.63. The number of hydrogen-bond acceptors (Lipinski definition) is 2. The molecule has 3 heteroatoms. The Bertz CT molecular complexity index is 485. The quantitative estimate of drug-likeness (QED) is 0.829. The molecule has 2 heterocycles. The highest BCUT2D eigenvalue weighted by Gasteiger charge is 2.33. The van der Waals surface area contributed by atoms with E-state index < -0.39 is 0 Å². The van der Waals surface area contributed by atoms with Gasteiger partial charge >= 0.3 is 0 Å². The summed E-state index contributed by atoms with van der Waals surface area (Å²) < 4.78 is 5.33. The van der Waals surface area contributed by atoms with Gasteiger partial charge in [0.05, 0.1) is 12.5 Å². The molecule has 20 heavy (non-hydrogen) atoms. The Kier molecular flexibility index (Phi) is 3.79. The van der Waals surface area contributed by atoms with Gasteiger partial charge in [-0.3, -0.25) is 4.79 Å². The van der Waals surface area contributed by atoms with Crippen LogP contribution >= 0.6 is 0 Å². The first-order valence-electron chi connectivity index (χ1n) is 7.58. The fraction of sp³-hybridized carbons (Fsp3) is 0.588. The van der Waals surface area contributed by atoms with Crippen LogP contribution in [0.15, 0.2) is 18.2 Å². The number of likely N-dealkylation sites (tertiary alicyclic amines) is 1. The van der Waals surface area contributed by atoms with E-state index in [0.29, 0.717) is 18.4 Å². The van der Waals surface area contributed by atoms with Crippen molar-refractivity contribution in [2.75, 3.05) is 26.3 Å². The minimum Gasteiger partial charge on any atom is -0.381 e. The summed E-state index contributed by atoms with van der Waals surface area (Å²) in [6.45, 7) is 7.41. The van der Waals surface area contributed by atoms with Crippen LogP contribution in [0, 0.1) is 19.8 Å². The molecular formula is C17H23NO2. The predicted molar refractivity (Wildman–Crippen MR) is 78.8 cm³/mol. The van der Waals surface area contributed by atoms with Gasteiger partial charge in [0.15, 0.2) is 0 Å². The number of amides is 1. The van der Waals surface area contributed by atoms with E-state index in [1.54, 1.807) is 0 Å². The molecule has 0 saturated carbocycles. The highest BCUT2D eigenvalue weighted by molar-refractivity contribution is 5.79. The van der Waals surface area contributed by atoms with Crippen molar-refractivity contribution in [2.24, 2.45) is 5.92 Å². The molecule has 0 N–H and O–H groups in total. The molecule has 0 aliphatic carbocycles. The molecule has 3 rings (SSSR count). The van der Waals surface area contributed by atoms with Crippen LogP contribution in [0.5, 0.6) is 0 Å². The van der Waals surface area contributed by atoms with Gasteiger partial charge in [-0.25, -0.2) is 0 Å². The zero-order valence-electron chi connectivity index (χ0n) is 12.4. The first-order valence-corrected chi connectivity index (χ1v) is 7.58. The van der Waals surface area contributed by atoms with Gasteiger partial charge in [0, 0.05) is 25.6 Å². The summed E-state index contributed by atoms with van der Waals surface area (Å²) in [6.07, 6.45) is 1.98. The van der Waals surface area contributed by atoms with Crippen LogP contribution in [0.2, 0.25) is 0 Å². The van der Waals surface area contributed by atoms with Gasteiger partial charge in [0.25, 0.3) is 0 Å². The van der Waals surface area contributed by atoms with Crippen molar-refractivity contribution in [2.45, 2.75) is 32.6 Å². The summed E-state index contributed by atoms with van der Waals surface area (Å²) in [4.78, 5) is 14.4. The van der Waals surface area contributed by atoms with E-state index in [-0.39, 0.29) is 5.92 Å². The monoisotopic (exact) mass is 273 g/mol. The van der Waals surface area contributed by atoms with Crippen LogP contribution in [0.1, 0.15) is 35.4 Å². The highest BCUT2D eigenvalue weighted by atomic mass is 16.5. The fourth-order valence-electron chi connectivity index (χ4n) is 3.47. The molecule has 1 amide bonds. The van der Waals surface area contributed by atoms with Crippen molar-refractivity contribution >= 4 is 5.91 Å². The summed E-state index contributed by atoms with van der Waals surface area (Å²) >= 11 is 0. The van der Waals surface area contributed by atoms with Crippen molar-refractivity contribution in [1.82, 2.24) is 4.90 Å². The third-order valence-corrected chi connectivity index (χ3v) is 4.49. The van der Waals surface area contributed by atoms with E-state index in [1.807, 2.05) is 4.90 Å². The van der Waals surface area contributed by atoms with E-state index >= 15 is 0 Å². The highest BCUT2D eigenvalue weighted by Crippen LogP contribution is 2.30. The van der Waals surface area contributed by atoms with Gasteiger partial charge in [0.1, 0.15) is 0 Å². The number of carbonyl (C=O) groups is 1. The lowest BCUT2D eigenvalue weighted by molar-refractivity contribution is -0.134. The Labute approximate surface area is 120 Å². The van der Waals surface area contributed by atoms with E-state index in [0.717, 1.165) is 32.5 Å². The molecule has 2 fully saturated rings. The Morgan fingerprint density at radius 2 is 1.95 bits per heavy atom. The van der Waals surface area contributed by atoms with Gasteiger partial charge < -0.3 is 9.64 Å². The Morgan fingerprint density at radius 1 is 1.20 bits per heavy atom. The molecule has 0 bridgehead atoms. The average molecular weight is 273 g/mol. The molecule has 1 aromatic carbocycles. The lowest BCUT2D eigenvalue weighted by atomic mass is 9.95. The molecule has 0 unspecified atom stereocenters. The zero-order valence-corrected chi connectivity index (χ0v) is 12.4. The van der Waals surface area contributed by atoms with Crippen LogP contribution in [0.3, 0.4) is 0 Å². The van der Waals surface area contributed by atoms with E-state index in [4.69, 9.17) is 4.74 Å². The number of hydrogen-bond donors (Lipinski definition) is 0. The Balaban J connectivity index is 1.68. The largest absolute Gasteiger partial charge is 0.381 e. The summed E-state index contributed by atoms with van der Waals surface area (Å²) in [6, 6.07) is 6.74. The van der Waals surface area contributed by atoms with Gasteiger partial charge in [-0.1, -0.05) is 29.3 Å². The first kappa shape index (κ1) is 13.6. The van der Waals surface area contributed by atoms with Crippen LogP contribution in [-0.4, -0.2) is 37.1 Å². The summed E-state index contributed by atoms with van der Waals surface area (Å²) in [5, 5.41) is 0. The zero-order chi connectivity index (χ0) is 14.1. The molecular weight excluding hydrogens is 250 g/mol. The maximum absolute atomic E-state index is 12.4. The average Bonchev–Trinajstić information content (AvgIpc) is 3.09. The molecule has 2 aliphatic heterocycles. The molecule has 108 valence electrons. The van der Waals surface area contributed by atoms with Crippen molar-refractivity contribution in [3.05, 3.63) is 34.9 Å². The smallest absolute Gasteiger partial charge is 0.228 e. The third kappa shape index (κ3) is 2.73. The molecule has 2 aliphatic rings. The lowest BCUT2D eigenvalue weighted by Gasteiger charge is -2.20. The van der Waals surface area contributed by atoms with Crippen molar-refractivity contribution in [3.63, 3.8) is 0 Å². The molecule has 0 aromatic heterocycles. The van der Waals surface area contributed by atoms with E-state index in [9.17, 15) is 4.79 Å². The van der Waals surface area contributed by atoms with Crippen LogP contribution in [0.25, 0.3) is 0 Å². The molecule has 0 radical (unpaired) electrons. The van der Waals surface area contributed by atoms with Gasteiger partial charge in [-0.15, -0.1) is 0 Å². The second-order valence-electron chi connectivity index (χ2n) is 6.25. The molecule has 2 saturated heterocycles. The van der Waals surface area contributed by atoms with E-state index in [2.05, 4.69) is 32.0 Å². The van der Waals surface area contributed by atoms with Gasteiger partial charge in [-0.2, -0.15) is 0 Å². The number of rotatable bonds is 2. The summed E-state index contributed by atoms with van der Waals surface area (Å²) in [7, 11) is 0. The number of carbonyl (C=O) groups excluding carboxylic acids is 1. The Hall–Kier alpha value is -1.35. The third-order valence-electron chi connectivity index (χ3n) is 4.49. The normalized spacial score (nSPS) is 26.2. The SMILES string of the molecule is Cc1cc(C)cc([C@@H]2CCN(C(=O)[C@@H]3CCOC3)C2)c1. The van der Waals surface area contributed by atoms with E-state index in [1.165, 1.54) is 16.7 Å². The maximum atomic E-state index is 12.4. The molecule has 1 aromatic rings. The second kappa shape index (κ2) is 5.57. The predicted octanol–water partition coefficient (Wildman–Crippen LogP) is 2.66. The van der Waals surface area contributed by atoms with Crippen LogP contribution in [-0.2, 0) is 9.53 Å². The number of nitrogens with zero attached hydrogens (tertiary/aromatic N) is 1. The van der Waals surface area contributed by atoms with Gasteiger partial charge in [-0.05, 0) is 32.3 Å². The van der Waals surface area contributed by atoms with Crippen molar-refractivity contribution < 1.29 is 9.53 Å². The molecule has 3 nitrogen and oxygen atoms in total. The minimum absolute atomic E-state index is 0.105. The minimum atomic E-state index is 0.105. The van der Waals surface area contributed by atoms with Crippen LogP contribution < -0.4 is 0 Å². The number of benzene rings is 1. The second-order valence-corrected chi connectivity index (χ2v) is 6.25. The standard InChI is InChI=1S/C17H23NO2/c1-12-7-13(2)9-16(8-12)14-3-5-18(10-14)17(19)15-4-6-20-11-15/h7-9,14-15H,3-6,10-11H2,1-2H3/t14-,15-/m1/s1. The Morgan fingerprint density at radius 3 is 2.60 bits per heavy atom. The fourth-order valence-corrected chi connectivity index (χ4v) is 3.47. The maximum Gasteiger partial charge on any atom is 0.228 e. The van der Waals surface area contributed by atoms with Crippen molar-refractivity contribution in [1.29, 1.82) is 0 Å². The summed E-state index contributed by atoms with van der Waals surface area (Å²) in [5.74, 6) is 0.905. The van der Waals surface area contributed by atoms with Gasteiger partial charge in [0.2, 0.25) is 5.91 Å². The summed E-state index contributed by atoms with van der Waals surface area (Å²) in [5.41, 5.74) is 4.02. The molecule has 0 spiro atoms. The number of aryl methyl sites for hydroxylation is 2. The van der Waals surface area contributed by atoms with Crippen molar-refractivity contribution in [3.8, 4) is 0 Å². The topological polar surface area (TPSA) is 29.5 Å². The molecule has 2 atom stereocenters. The van der Waals surface area contributed by atoms with Crippen LogP contribution in [0.4, 0.5) is 0 Å².